The molecule has 0 saturated carbocycles. The zero-order valence-electron chi connectivity index (χ0n) is 18.2. The summed E-state index contributed by atoms with van der Waals surface area (Å²) in [6.07, 6.45) is 2.12. The van der Waals surface area contributed by atoms with Gasteiger partial charge in [-0.3, -0.25) is 4.79 Å². The average molecular weight is 432 g/mol. The van der Waals surface area contributed by atoms with Gasteiger partial charge in [-0.25, -0.2) is 0 Å². The highest BCUT2D eigenvalue weighted by atomic mass is 32.1. The number of nitrogens with one attached hydrogen (secondary N) is 1. The highest BCUT2D eigenvalue weighted by molar-refractivity contribution is 7.21. The molecule has 3 heterocycles. The minimum absolute atomic E-state index is 0.121. The molecule has 1 atom stereocenters. The fraction of sp³-hybridized carbons (Fsp3) is 0.320. The summed E-state index contributed by atoms with van der Waals surface area (Å²) in [5, 5.41) is 13.5. The average Bonchev–Trinajstić information content (AvgIpc) is 3.04. The van der Waals surface area contributed by atoms with Gasteiger partial charge in [-0.15, -0.1) is 16.4 Å². The number of anilines is 1. The Morgan fingerprint density at radius 1 is 1.16 bits per heavy atom. The third-order valence-corrected chi connectivity index (χ3v) is 7.21. The summed E-state index contributed by atoms with van der Waals surface area (Å²) >= 11 is 1.78. The molecule has 0 radical (unpaired) electrons. The number of thiophene rings is 1. The molecular weight excluding hydrogens is 406 g/mol. The summed E-state index contributed by atoms with van der Waals surface area (Å²) < 4.78 is 7.18. The van der Waals surface area contributed by atoms with Gasteiger partial charge < -0.3 is 10.1 Å². The minimum atomic E-state index is -0.516. The van der Waals surface area contributed by atoms with Gasteiger partial charge in [-0.2, -0.15) is 5.10 Å². The Morgan fingerprint density at radius 3 is 2.77 bits per heavy atom. The van der Waals surface area contributed by atoms with Gasteiger partial charge in [0.25, 0.3) is 5.91 Å². The normalized spacial score (nSPS) is 17.8. The Labute approximate surface area is 185 Å². The number of amides is 1. The molecular formula is C25H25N3O2S. The lowest BCUT2D eigenvalue weighted by molar-refractivity contribution is -0.122. The second-order valence-electron chi connectivity index (χ2n) is 8.16. The quantitative estimate of drug-likeness (QED) is 0.594. The van der Waals surface area contributed by atoms with Crippen molar-refractivity contribution in [1.29, 1.82) is 0 Å². The first-order valence-corrected chi connectivity index (χ1v) is 11.6. The number of rotatable bonds is 3. The lowest BCUT2D eigenvalue weighted by Crippen LogP contribution is -2.34. The Bertz CT molecular complexity index is 1290. The van der Waals surface area contributed by atoms with Gasteiger partial charge in [0, 0.05) is 22.4 Å². The lowest BCUT2D eigenvalue weighted by Gasteiger charge is -2.25. The highest BCUT2D eigenvalue weighted by Gasteiger charge is 2.28. The molecule has 1 N–H and O–H groups in total. The first-order valence-electron chi connectivity index (χ1n) is 10.8. The molecule has 0 spiro atoms. The number of nitrogens with zero attached hydrogens (tertiary/aromatic N) is 2. The van der Waals surface area contributed by atoms with Crippen LogP contribution in [0.4, 0.5) is 5.69 Å². The highest BCUT2D eigenvalue weighted by Crippen LogP contribution is 2.39. The number of carbonyl (C=O) groups excluding carboxylic acids is 1. The molecule has 3 aromatic rings. The third-order valence-electron chi connectivity index (χ3n) is 5.99. The first-order chi connectivity index (χ1) is 15.0. The number of ether oxygens (including phenoxy) is 1. The SMILES string of the molecule is CCc1ccc2sc(C3=NN=C(C)Cc4cc5c(cc43)OC(C)C(=O)N5)c(CC)c2c1. The fourth-order valence-corrected chi connectivity index (χ4v) is 5.56. The summed E-state index contributed by atoms with van der Waals surface area (Å²) in [7, 11) is 0. The molecule has 0 saturated heterocycles. The molecule has 1 unspecified atom stereocenters. The number of hydrogen-bond donors (Lipinski definition) is 1. The van der Waals surface area contributed by atoms with Crippen molar-refractivity contribution in [2.75, 3.05) is 5.32 Å². The van der Waals surface area contributed by atoms with Crippen LogP contribution in [0.1, 0.15) is 54.8 Å². The van der Waals surface area contributed by atoms with Gasteiger partial charge in [0.2, 0.25) is 0 Å². The molecule has 1 amide bonds. The van der Waals surface area contributed by atoms with E-state index in [1.54, 1.807) is 18.3 Å². The van der Waals surface area contributed by atoms with Crippen LogP contribution < -0.4 is 10.1 Å². The lowest BCUT2D eigenvalue weighted by atomic mass is 9.94. The Hall–Kier alpha value is -2.99. The van der Waals surface area contributed by atoms with Gasteiger partial charge in [0.1, 0.15) is 11.5 Å². The molecule has 0 bridgehead atoms. The topological polar surface area (TPSA) is 63.1 Å². The summed E-state index contributed by atoms with van der Waals surface area (Å²) in [6.45, 7) is 8.14. The largest absolute Gasteiger partial charge is 0.479 e. The molecule has 5 nitrogen and oxygen atoms in total. The summed E-state index contributed by atoms with van der Waals surface area (Å²) in [5.41, 5.74) is 7.34. The van der Waals surface area contributed by atoms with Crippen molar-refractivity contribution < 1.29 is 9.53 Å². The van der Waals surface area contributed by atoms with E-state index in [-0.39, 0.29) is 5.91 Å². The second kappa shape index (κ2) is 7.61. The number of aryl methyl sites for hydroxylation is 2. The van der Waals surface area contributed by atoms with Crippen LogP contribution in [0.25, 0.3) is 10.1 Å². The molecule has 2 aromatic carbocycles. The maximum atomic E-state index is 12.1. The first kappa shape index (κ1) is 19.9. The maximum absolute atomic E-state index is 12.1. The summed E-state index contributed by atoms with van der Waals surface area (Å²) in [4.78, 5) is 13.3. The Kier molecular flexibility index (Phi) is 4.89. The van der Waals surface area contributed by atoms with E-state index in [0.29, 0.717) is 12.2 Å². The van der Waals surface area contributed by atoms with Crippen LogP contribution in [0.15, 0.2) is 40.5 Å². The van der Waals surface area contributed by atoms with Crippen LogP contribution in [0.5, 0.6) is 5.75 Å². The molecule has 2 aliphatic rings. The number of hydrogen-bond acceptors (Lipinski definition) is 5. The van der Waals surface area contributed by atoms with E-state index < -0.39 is 6.10 Å². The molecule has 158 valence electrons. The van der Waals surface area contributed by atoms with E-state index in [4.69, 9.17) is 9.84 Å². The van der Waals surface area contributed by atoms with Crippen molar-refractivity contribution in [2.24, 2.45) is 10.2 Å². The van der Waals surface area contributed by atoms with E-state index in [2.05, 4.69) is 42.5 Å². The summed E-state index contributed by atoms with van der Waals surface area (Å²) in [6, 6.07) is 10.8. The number of carbonyl (C=O) groups is 1. The van der Waals surface area contributed by atoms with E-state index >= 15 is 0 Å². The van der Waals surface area contributed by atoms with Gasteiger partial charge in [0.05, 0.1) is 10.6 Å². The zero-order chi connectivity index (χ0) is 21.7. The standard InChI is InChI=1S/C25H25N3O2S/c1-5-15-7-8-22-19(10-15)17(6-2)24(31-22)23-18-12-21-20(26-25(29)14(4)30-21)11-16(18)9-13(3)27-28-23/h7-8,10-12,14H,5-6,9H2,1-4H3,(H,26,29). The van der Waals surface area contributed by atoms with Crippen LogP contribution >= 0.6 is 11.3 Å². The van der Waals surface area contributed by atoms with Gasteiger partial charge in [-0.05, 0) is 67.0 Å². The minimum Gasteiger partial charge on any atom is -0.479 e. The zero-order valence-corrected chi connectivity index (χ0v) is 19.0. The van der Waals surface area contributed by atoms with E-state index in [9.17, 15) is 4.79 Å². The smallest absolute Gasteiger partial charge is 0.265 e. The molecule has 5 rings (SSSR count). The second-order valence-corrected chi connectivity index (χ2v) is 9.22. The predicted molar refractivity (Wildman–Crippen MR) is 128 cm³/mol. The van der Waals surface area contributed by atoms with Crippen LogP contribution in [-0.2, 0) is 24.1 Å². The van der Waals surface area contributed by atoms with Crippen molar-refractivity contribution in [3.63, 3.8) is 0 Å². The number of benzene rings is 2. The van der Waals surface area contributed by atoms with Gasteiger partial charge >= 0.3 is 0 Å². The molecule has 2 aliphatic heterocycles. The van der Waals surface area contributed by atoms with Crippen LogP contribution in [0.2, 0.25) is 0 Å². The molecule has 31 heavy (non-hydrogen) atoms. The van der Waals surface area contributed by atoms with Gasteiger partial charge in [0.15, 0.2) is 6.10 Å². The van der Waals surface area contributed by atoms with Crippen molar-refractivity contribution in [1.82, 2.24) is 0 Å². The van der Waals surface area contributed by atoms with Crippen molar-refractivity contribution in [3.8, 4) is 5.75 Å². The molecule has 0 aliphatic carbocycles. The van der Waals surface area contributed by atoms with Crippen molar-refractivity contribution in [2.45, 2.75) is 53.1 Å². The number of fused-ring (bicyclic) bond motifs is 3. The van der Waals surface area contributed by atoms with Crippen LogP contribution in [0, 0.1) is 0 Å². The molecule has 0 fully saturated rings. The fourth-order valence-electron chi connectivity index (χ4n) is 4.29. The van der Waals surface area contributed by atoms with Crippen LogP contribution in [0.3, 0.4) is 0 Å². The van der Waals surface area contributed by atoms with E-state index in [1.165, 1.54) is 26.1 Å². The van der Waals surface area contributed by atoms with Crippen molar-refractivity contribution in [3.05, 3.63) is 57.5 Å². The monoisotopic (exact) mass is 431 g/mol. The predicted octanol–water partition coefficient (Wildman–Crippen LogP) is 5.51. The van der Waals surface area contributed by atoms with Gasteiger partial charge in [-0.1, -0.05) is 26.0 Å². The Balaban J connectivity index is 1.72. The molecule has 6 heteroatoms. The van der Waals surface area contributed by atoms with Crippen molar-refractivity contribution >= 4 is 44.4 Å². The van der Waals surface area contributed by atoms with E-state index in [1.807, 2.05) is 19.1 Å². The van der Waals surface area contributed by atoms with E-state index in [0.717, 1.165) is 41.1 Å². The third kappa shape index (κ3) is 3.35. The molecule has 1 aromatic heterocycles. The summed E-state index contributed by atoms with van der Waals surface area (Å²) in [5.74, 6) is 0.565. The Morgan fingerprint density at radius 2 is 2.00 bits per heavy atom. The maximum Gasteiger partial charge on any atom is 0.265 e. The van der Waals surface area contributed by atoms with Crippen LogP contribution in [-0.4, -0.2) is 23.4 Å².